The van der Waals surface area contributed by atoms with Crippen molar-refractivity contribution < 1.29 is 9.90 Å². The Labute approximate surface area is 156 Å². The first-order valence-corrected chi connectivity index (χ1v) is 9.05. The third-order valence-corrected chi connectivity index (χ3v) is 4.74. The van der Waals surface area contributed by atoms with E-state index in [1.165, 1.54) is 0 Å². The predicted octanol–water partition coefficient (Wildman–Crippen LogP) is 4.61. The molecule has 0 radical (unpaired) electrons. The fraction of sp³-hybridized carbons (Fsp3) is 0.150. The van der Waals surface area contributed by atoms with Crippen molar-refractivity contribution in [2.75, 3.05) is 5.32 Å². The zero-order valence-electron chi connectivity index (χ0n) is 14.4. The van der Waals surface area contributed by atoms with Gasteiger partial charge >= 0.3 is 5.97 Å². The van der Waals surface area contributed by atoms with Crippen molar-refractivity contribution >= 4 is 28.8 Å². The van der Waals surface area contributed by atoms with E-state index < -0.39 is 5.97 Å². The van der Waals surface area contributed by atoms with E-state index in [1.54, 1.807) is 23.5 Å². The van der Waals surface area contributed by atoms with E-state index >= 15 is 0 Å². The van der Waals surface area contributed by atoms with Gasteiger partial charge < -0.3 is 10.4 Å². The number of carboxylic acids is 1. The average Bonchev–Trinajstić information content (AvgIpc) is 3.13. The van der Waals surface area contributed by atoms with Crippen LogP contribution in [-0.2, 0) is 17.6 Å². The van der Waals surface area contributed by atoms with Gasteiger partial charge in [0.1, 0.15) is 5.82 Å². The van der Waals surface area contributed by atoms with Gasteiger partial charge in [0, 0.05) is 16.9 Å². The molecule has 2 heterocycles. The number of thiophene rings is 1. The smallest absolute Gasteiger partial charge is 0.307 e. The largest absolute Gasteiger partial charge is 0.481 e. The Balaban J connectivity index is 1.94. The average molecular weight is 365 g/mol. The predicted molar refractivity (Wildman–Crippen MR) is 105 cm³/mol. The minimum absolute atomic E-state index is 0.0110. The normalized spacial score (nSPS) is 10.5. The van der Waals surface area contributed by atoms with Gasteiger partial charge in [-0.15, -0.1) is 17.9 Å². The highest BCUT2D eigenvalue weighted by molar-refractivity contribution is 7.13. The SMILES string of the molecule is C=CCc1c(C)nc(-c2cccs2)nc1Nc1ccc(CC(=O)O)cc1. The molecule has 3 aromatic rings. The first-order valence-electron chi connectivity index (χ1n) is 8.17. The highest BCUT2D eigenvalue weighted by atomic mass is 32.1. The number of carboxylic acid groups (broad SMARTS) is 1. The monoisotopic (exact) mass is 365 g/mol. The maximum Gasteiger partial charge on any atom is 0.307 e. The molecule has 0 bridgehead atoms. The molecule has 26 heavy (non-hydrogen) atoms. The van der Waals surface area contributed by atoms with Gasteiger partial charge in [-0.2, -0.15) is 0 Å². The molecule has 0 aliphatic heterocycles. The number of rotatable bonds is 7. The van der Waals surface area contributed by atoms with Crippen LogP contribution in [0.15, 0.2) is 54.4 Å². The van der Waals surface area contributed by atoms with E-state index in [1.807, 2.05) is 42.6 Å². The lowest BCUT2D eigenvalue weighted by Crippen LogP contribution is -2.05. The zero-order chi connectivity index (χ0) is 18.5. The van der Waals surface area contributed by atoms with Crippen molar-refractivity contribution in [1.29, 1.82) is 0 Å². The molecule has 6 heteroatoms. The number of aryl methyl sites for hydroxylation is 1. The van der Waals surface area contributed by atoms with Crippen LogP contribution in [-0.4, -0.2) is 21.0 Å². The van der Waals surface area contributed by atoms with Gasteiger partial charge in [-0.1, -0.05) is 24.3 Å². The summed E-state index contributed by atoms with van der Waals surface area (Å²) in [7, 11) is 0. The number of carbonyl (C=O) groups is 1. The van der Waals surface area contributed by atoms with Crippen LogP contribution in [0.3, 0.4) is 0 Å². The summed E-state index contributed by atoms with van der Waals surface area (Å²) < 4.78 is 0. The van der Waals surface area contributed by atoms with Crippen molar-refractivity contribution in [3.8, 4) is 10.7 Å². The number of nitrogens with one attached hydrogen (secondary N) is 1. The van der Waals surface area contributed by atoms with E-state index in [9.17, 15) is 4.79 Å². The number of hydrogen-bond acceptors (Lipinski definition) is 5. The van der Waals surface area contributed by atoms with Crippen LogP contribution in [0.4, 0.5) is 11.5 Å². The minimum Gasteiger partial charge on any atom is -0.481 e. The van der Waals surface area contributed by atoms with E-state index in [0.29, 0.717) is 12.2 Å². The maximum atomic E-state index is 10.8. The number of anilines is 2. The number of allylic oxidation sites excluding steroid dienone is 1. The molecule has 0 aliphatic carbocycles. The molecule has 5 nitrogen and oxygen atoms in total. The minimum atomic E-state index is -0.842. The van der Waals surface area contributed by atoms with E-state index in [0.717, 1.165) is 33.2 Å². The second-order valence-electron chi connectivity index (χ2n) is 5.82. The lowest BCUT2D eigenvalue weighted by Gasteiger charge is -2.14. The third kappa shape index (κ3) is 4.15. The summed E-state index contributed by atoms with van der Waals surface area (Å²) in [6.07, 6.45) is 2.50. The van der Waals surface area contributed by atoms with Crippen LogP contribution < -0.4 is 5.32 Å². The Morgan fingerprint density at radius 3 is 2.65 bits per heavy atom. The summed E-state index contributed by atoms with van der Waals surface area (Å²) in [6, 6.07) is 11.3. The maximum absolute atomic E-state index is 10.8. The van der Waals surface area contributed by atoms with Gasteiger partial charge in [0.05, 0.1) is 11.3 Å². The Kier molecular flexibility index (Phi) is 5.43. The fourth-order valence-corrected chi connectivity index (χ4v) is 3.28. The van der Waals surface area contributed by atoms with Crippen molar-refractivity contribution in [2.24, 2.45) is 0 Å². The summed E-state index contributed by atoms with van der Waals surface area (Å²) in [4.78, 5) is 21.2. The molecule has 3 rings (SSSR count). The summed E-state index contributed by atoms with van der Waals surface area (Å²) in [5.41, 5.74) is 3.51. The van der Waals surface area contributed by atoms with Crippen molar-refractivity contribution in [2.45, 2.75) is 19.8 Å². The number of nitrogens with zero attached hydrogens (tertiary/aromatic N) is 2. The quantitative estimate of drug-likeness (QED) is 0.598. The molecule has 132 valence electrons. The van der Waals surface area contributed by atoms with Crippen LogP contribution in [0.25, 0.3) is 10.7 Å². The Morgan fingerprint density at radius 2 is 2.04 bits per heavy atom. The summed E-state index contributed by atoms with van der Waals surface area (Å²) >= 11 is 1.60. The van der Waals surface area contributed by atoms with Crippen LogP contribution in [0.1, 0.15) is 16.8 Å². The highest BCUT2D eigenvalue weighted by Crippen LogP contribution is 2.28. The first-order chi connectivity index (χ1) is 12.6. The lowest BCUT2D eigenvalue weighted by atomic mass is 10.1. The van der Waals surface area contributed by atoms with Gasteiger partial charge in [-0.25, -0.2) is 9.97 Å². The molecule has 0 saturated heterocycles. The molecule has 0 unspecified atom stereocenters. The number of hydrogen-bond donors (Lipinski definition) is 2. The van der Waals surface area contributed by atoms with Crippen molar-refractivity contribution in [3.05, 3.63) is 71.3 Å². The topological polar surface area (TPSA) is 75.1 Å². The van der Waals surface area contributed by atoms with Crippen LogP contribution in [0.5, 0.6) is 0 Å². The molecule has 1 aromatic carbocycles. The first kappa shape index (κ1) is 17.8. The second kappa shape index (κ2) is 7.93. The molecular weight excluding hydrogens is 346 g/mol. The van der Waals surface area contributed by atoms with Crippen LogP contribution >= 0.6 is 11.3 Å². The molecule has 0 fully saturated rings. The standard InChI is InChI=1S/C20H19N3O2S/c1-3-5-16-13(2)21-20(17-6-4-11-26-17)23-19(16)22-15-9-7-14(8-10-15)12-18(24)25/h3-4,6-11H,1,5,12H2,2H3,(H,24,25)(H,21,22,23). The third-order valence-electron chi connectivity index (χ3n) is 3.88. The Hall–Kier alpha value is -2.99. The van der Waals surface area contributed by atoms with Crippen LogP contribution in [0, 0.1) is 6.92 Å². The van der Waals surface area contributed by atoms with Gasteiger partial charge in [-0.05, 0) is 42.5 Å². The molecular formula is C20H19N3O2S. The number of aliphatic carboxylic acids is 1. The second-order valence-corrected chi connectivity index (χ2v) is 6.77. The molecule has 2 aromatic heterocycles. The fourth-order valence-electron chi connectivity index (χ4n) is 2.62. The molecule has 0 atom stereocenters. The van der Waals surface area contributed by atoms with Gasteiger partial charge in [-0.3, -0.25) is 4.79 Å². The van der Waals surface area contributed by atoms with Gasteiger partial charge in [0.2, 0.25) is 0 Å². The van der Waals surface area contributed by atoms with Gasteiger partial charge in [0.15, 0.2) is 5.82 Å². The van der Waals surface area contributed by atoms with Crippen molar-refractivity contribution in [3.63, 3.8) is 0 Å². The number of benzene rings is 1. The molecule has 0 saturated carbocycles. The van der Waals surface area contributed by atoms with E-state index in [-0.39, 0.29) is 6.42 Å². The Morgan fingerprint density at radius 1 is 1.27 bits per heavy atom. The lowest BCUT2D eigenvalue weighted by molar-refractivity contribution is -0.136. The molecule has 0 amide bonds. The molecule has 2 N–H and O–H groups in total. The summed E-state index contributed by atoms with van der Waals surface area (Å²) in [6.45, 7) is 5.79. The zero-order valence-corrected chi connectivity index (χ0v) is 15.2. The van der Waals surface area contributed by atoms with Crippen LogP contribution in [0.2, 0.25) is 0 Å². The van der Waals surface area contributed by atoms with E-state index in [4.69, 9.17) is 10.1 Å². The summed E-state index contributed by atoms with van der Waals surface area (Å²) in [5, 5.41) is 14.2. The molecule has 0 aliphatic rings. The highest BCUT2D eigenvalue weighted by Gasteiger charge is 2.13. The van der Waals surface area contributed by atoms with E-state index in [2.05, 4.69) is 16.9 Å². The molecule has 0 spiro atoms. The van der Waals surface area contributed by atoms with Crippen molar-refractivity contribution in [1.82, 2.24) is 9.97 Å². The van der Waals surface area contributed by atoms with Gasteiger partial charge in [0.25, 0.3) is 0 Å². The summed E-state index contributed by atoms with van der Waals surface area (Å²) in [5.74, 6) is 0.591. The Bertz CT molecular complexity index is 919. The number of aromatic nitrogens is 2.